The van der Waals surface area contributed by atoms with Crippen LogP contribution in [0.2, 0.25) is 0 Å². The predicted octanol–water partition coefficient (Wildman–Crippen LogP) is 2.40. The van der Waals surface area contributed by atoms with Crippen LogP contribution >= 0.6 is 11.3 Å². The van der Waals surface area contributed by atoms with E-state index in [0.717, 1.165) is 15.6 Å². The summed E-state index contributed by atoms with van der Waals surface area (Å²) in [4.78, 5) is 27.9. The molecule has 0 unspecified atom stereocenters. The van der Waals surface area contributed by atoms with Crippen LogP contribution in [-0.4, -0.2) is 31.0 Å². The molecular weight excluding hydrogens is 264 g/mol. The fraction of sp³-hybridized carbons (Fsp3) is 0.167. The first-order valence-electron chi connectivity index (χ1n) is 5.58. The predicted molar refractivity (Wildman–Crippen MR) is 71.4 cm³/mol. The first kappa shape index (κ1) is 11.8. The maximum absolute atomic E-state index is 11.1. The van der Waals surface area contributed by atoms with E-state index in [0.29, 0.717) is 17.0 Å². The van der Waals surface area contributed by atoms with Crippen molar-refractivity contribution in [3.05, 3.63) is 28.5 Å². The Hall–Kier alpha value is -2.28. The fourth-order valence-electron chi connectivity index (χ4n) is 1.95. The van der Waals surface area contributed by atoms with E-state index in [4.69, 9.17) is 5.11 Å². The zero-order valence-corrected chi connectivity index (χ0v) is 11.1. The van der Waals surface area contributed by atoms with Crippen LogP contribution in [0, 0.1) is 13.8 Å². The normalized spacial score (nSPS) is 11.1. The summed E-state index contributed by atoms with van der Waals surface area (Å²) < 4.78 is 0. The third-order valence-electron chi connectivity index (χ3n) is 2.74. The monoisotopic (exact) mass is 274 g/mol. The molecule has 3 heterocycles. The van der Waals surface area contributed by atoms with Gasteiger partial charge in [0.15, 0.2) is 11.5 Å². The van der Waals surface area contributed by atoms with Crippen LogP contribution in [0.25, 0.3) is 21.9 Å². The van der Waals surface area contributed by atoms with Crippen molar-refractivity contribution in [2.45, 2.75) is 13.8 Å². The number of carboxylic acids is 1. The van der Waals surface area contributed by atoms with Gasteiger partial charge in [-0.15, -0.1) is 11.3 Å². The van der Waals surface area contributed by atoms with Gasteiger partial charge in [-0.25, -0.2) is 19.7 Å². The molecule has 0 fully saturated rings. The van der Waals surface area contributed by atoms with Crippen LogP contribution in [0.4, 0.5) is 0 Å². The minimum Gasteiger partial charge on any atom is -0.478 e. The van der Waals surface area contributed by atoms with Gasteiger partial charge in [0, 0.05) is 6.20 Å². The number of carbonyl (C=O) groups is 1. The number of nitrogens with zero attached hydrogens (tertiary/aromatic N) is 3. The molecule has 0 aliphatic rings. The highest BCUT2D eigenvalue weighted by Crippen LogP contribution is 2.29. The minimum absolute atomic E-state index is 0.169. The van der Waals surface area contributed by atoms with E-state index in [1.165, 1.54) is 23.6 Å². The molecule has 96 valence electrons. The zero-order valence-electron chi connectivity index (χ0n) is 10.3. The molecule has 0 aliphatic heterocycles. The van der Waals surface area contributed by atoms with Crippen LogP contribution < -0.4 is 0 Å². The maximum Gasteiger partial charge on any atom is 0.338 e. The number of aryl methyl sites for hydroxylation is 2. The topological polar surface area (TPSA) is 91.8 Å². The van der Waals surface area contributed by atoms with E-state index in [9.17, 15) is 4.79 Å². The Morgan fingerprint density at radius 3 is 2.79 bits per heavy atom. The molecule has 3 aromatic heterocycles. The van der Waals surface area contributed by atoms with Gasteiger partial charge >= 0.3 is 5.97 Å². The van der Waals surface area contributed by atoms with E-state index >= 15 is 0 Å². The molecule has 3 rings (SSSR count). The molecule has 0 radical (unpaired) electrons. The highest BCUT2D eigenvalue weighted by atomic mass is 32.1. The standard InChI is InChI=1S/C12H10N4O2S/c1-5-9(19-6(2)14-5)11-15-8-7(12(17)18)3-4-13-10(8)16-11/h3-4H,1-2H3,(H,17,18)(H,13,15,16). The highest BCUT2D eigenvalue weighted by molar-refractivity contribution is 7.15. The number of hydrogen-bond acceptors (Lipinski definition) is 5. The van der Waals surface area contributed by atoms with Gasteiger partial charge in [-0.05, 0) is 19.9 Å². The van der Waals surface area contributed by atoms with Crippen molar-refractivity contribution in [2.24, 2.45) is 0 Å². The Morgan fingerprint density at radius 2 is 2.16 bits per heavy atom. The number of carboxylic acid groups (broad SMARTS) is 1. The van der Waals surface area contributed by atoms with Crippen LogP contribution in [0.15, 0.2) is 12.3 Å². The molecule has 19 heavy (non-hydrogen) atoms. The number of aromatic carboxylic acids is 1. The van der Waals surface area contributed by atoms with Crippen molar-refractivity contribution < 1.29 is 9.90 Å². The molecule has 3 aromatic rings. The number of hydrogen-bond donors (Lipinski definition) is 2. The Kier molecular flexibility index (Phi) is 2.56. The van der Waals surface area contributed by atoms with Crippen LogP contribution in [-0.2, 0) is 0 Å². The molecule has 0 saturated heterocycles. The number of fused-ring (bicyclic) bond motifs is 1. The summed E-state index contributed by atoms with van der Waals surface area (Å²) in [5.74, 6) is -0.390. The number of H-pyrrole nitrogens is 1. The van der Waals surface area contributed by atoms with Gasteiger partial charge in [-0.3, -0.25) is 0 Å². The molecule has 0 aliphatic carbocycles. The summed E-state index contributed by atoms with van der Waals surface area (Å²) in [6, 6.07) is 1.46. The van der Waals surface area contributed by atoms with Gasteiger partial charge in [0.05, 0.1) is 26.7 Å². The second-order valence-corrected chi connectivity index (χ2v) is 5.30. The first-order valence-corrected chi connectivity index (χ1v) is 6.40. The van der Waals surface area contributed by atoms with E-state index < -0.39 is 5.97 Å². The number of thiazole rings is 1. The van der Waals surface area contributed by atoms with Gasteiger partial charge in [-0.2, -0.15) is 0 Å². The lowest BCUT2D eigenvalue weighted by Gasteiger charge is -1.94. The van der Waals surface area contributed by atoms with Crippen molar-refractivity contribution >= 4 is 28.5 Å². The average molecular weight is 274 g/mol. The van der Waals surface area contributed by atoms with E-state index in [2.05, 4.69) is 19.9 Å². The molecule has 6 nitrogen and oxygen atoms in total. The van der Waals surface area contributed by atoms with Gasteiger partial charge in [0.2, 0.25) is 0 Å². The Bertz CT molecular complexity index is 790. The SMILES string of the molecule is Cc1nc(C)c(-c2nc3nccc(C(=O)O)c3[nH]2)s1. The molecular formula is C12H10N4O2S. The first-order chi connectivity index (χ1) is 9.06. The largest absolute Gasteiger partial charge is 0.478 e. The Labute approximate surface area is 112 Å². The number of pyridine rings is 1. The molecule has 0 aromatic carbocycles. The summed E-state index contributed by atoms with van der Waals surface area (Å²) in [6.45, 7) is 3.82. The van der Waals surface area contributed by atoms with Crippen molar-refractivity contribution in [1.82, 2.24) is 19.9 Å². The molecule has 0 amide bonds. The lowest BCUT2D eigenvalue weighted by molar-refractivity contribution is 0.0699. The fourth-order valence-corrected chi connectivity index (χ4v) is 2.81. The molecule has 0 saturated carbocycles. The van der Waals surface area contributed by atoms with E-state index in [-0.39, 0.29) is 5.56 Å². The smallest absolute Gasteiger partial charge is 0.338 e. The zero-order chi connectivity index (χ0) is 13.6. The Morgan fingerprint density at radius 1 is 1.37 bits per heavy atom. The van der Waals surface area contributed by atoms with Gasteiger partial charge in [0.25, 0.3) is 0 Å². The third-order valence-corrected chi connectivity index (χ3v) is 3.82. The second-order valence-electron chi connectivity index (χ2n) is 4.10. The molecule has 7 heteroatoms. The van der Waals surface area contributed by atoms with Crippen molar-refractivity contribution in [3.8, 4) is 10.7 Å². The number of imidazole rings is 1. The van der Waals surface area contributed by atoms with Crippen LogP contribution in [0.1, 0.15) is 21.1 Å². The summed E-state index contributed by atoms with van der Waals surface area (Å²) in [6.07, 6.45) is 1.45. The summed E-state index contributed by atoms with van der Waals surface area (Å²) in [5, 5.41) is 10.1. The molecule has 0 bridgehead atoms. The number of aromatic amines is 1. The van der Waals surface area contributed by atoms with Crippen molar-refractivity contribution in [1.29, 1.82) is 0 Å². The average Bonchev–Trinajstić information content (AvgIpc) is 2.91. The van der Waals surface area contributed by atoms with Crippen molar-refractivity contribution in [3.63, 3.8) is 0 Å². The molecule has 0 atom stereocenters. The molecule has 0 spiro atoms. The highest BCUT2D eigenvalue weighted by Gasteiger charge is 2.16. The summed E-state index contributed by atoms with van der Waals surface area (Å²) in [5.41, 5.74) is 1.89. The summed E-state index contributed by atoms with van der Waals surface area (Å²) >= 11 is 1.52. The lowest BCUT2D eigenvalue weighted by atomic mass is 10.2. The third kappa shape index (κ3) is 1.88. The van der Waals surface area contributed by atoms with Crippen LogP contribution in [0.3, 0.4) is 0 Å². The molecule has 2 N–H and O–H groups in total. The lowest BCUT2D eigenvalue weighted by Crippen LogP contribution is -1.97. The van der Waals surface area contributed by atoms with E-state index in [1.54, 1.807) is 0 Å². The number of nitrogens with one attached hydrogen (secondary N) is 1. The quantitative estimate of drug-likeness (QED) is 0.748. The van der Waals surface area contributed by atoms with Crippen LogP contribution in [0.5, 0.6) is 0 Å². The number of rotatable bonds is 2. The van der Waals surface area contributed by atoms with Crippen molar-refractivity contribution in [2.75, 3.05) is 0 Å². The number of aromatic nitrogens is 4. The Balaban J connectivity index is 2.25. The summed E-state index contributed by atoms with van der Waals surface area (Å²) in [7, 11) is 0. The van der Waals surface area contributed by atoms with Gasteiger partial charge < -0.3 is 10.1 Å². The van der Waals surface area contributed by atoms with E-state index in [1.807, 2.05) is 13.8 Å². The minimum atomic E-state index is -1.00. The van der Waals surface area contributed by atoms with Gasteiger partial charge in [0.1, 0.15) is 0 Å². The van der Waals surface area contributed by atoms with Gasteiger partial charge in [-0.1, -0.05) is 0 Å². The maximum atomic E-state index is 11.1. The second kappa shape index (κ2) is 4.13.